The maximum atomic E-state index is 5.58. The Hall–Kier alpha value is -0.0800. The summed E-state index contributed by atoms with van der Waals surface area (Å²) in [5.41, 5.74) is 0. The van der Waals surface area contributed by atoms with Gasteiger partial charge in [-0.1, -0.05) is 19.8 Å². The van der Waals surface area contributed by atoms with Crippen LogP contribution in [0, 0.1) is 5.92 Å². The molecule has 2 heteroatoms. The van der Waals surface area contributed by atoms with E-state index in [2.05, 4.69) is 12.2 Å². The number of ether oxygens (including phenoxy) is 1. The van der Waals surface area contributed by atoms with Gasteiger partial charge in [0.25, 0.3) is 0 Å². The van der Waals surface area contributed by atoms with Crippen LogP contribution in [0.4, 0.5) is 0 Å². The lowest BCUT2D eigenvalue weighted by atomic mass is 9.91. The van der Waals surface area contributed by atoms with E-state index in [0.717, 1.165) is 12.0 Å². The first kappa shape index (κ1) is 11.4. The summed E-state index contributed by atoms with van der Waals surface area (Å²) in [6, 6.07) is 1.39. The van der Waals surface area contributed by atoms with Crippen molar-refractivity contribution >= 4 is 0 Å². The van der Waals surface area contributed by atoms with Gasteiger partial charge in [0.05, 0.1) is 6.10 Å². The highest BCUT2D eigenvalue weighted by molar-refractivity contribution is 4.87. The van der Waals surface area contributed by atoms with Crippen molar-refractivity contribution in [2.75, 3.05) is 7.11 Å². The van der Waals surface area contributed by atoms with Crippen LogP contribution in [0.25, 0.3) is 0 Å². The molecule has 0 heterocycles. The summed E-state index contributed by atoms with van der Waals surface area (Å²) < 4.78 is 5.58. The molecule has 2 saturated carbocycles. The van der Waals surface area contributed by atoms with Crippen LogP contribution in [0.5, 0.6) is 0 Å². The molecular weight excluding hydrogens is 186 g/mol. The van der Waals surface area contributed by atoms with Gasteiger partial charge in [-0.2, -0.15) is 0 Å². The topological polar surface area (TPSA) is 21.3 Å². The smallest absolute Gasteiger partial charge is 0.0724 e. The van der Waals surface area contributed by atoms with Gasteiger partial charge < -0.3 is 10.1 Å². The molecule has 4 unspecified atom stereocenters. The molecule has 0 aromatic heterocycles. The van der Waals surface area contributed by atoms with Crippen molar-refractivity contribution in [1.82, 2.24) is 5.32 Å². The summed E-state index contributed by atoms with van der Waals surface area (Å²) in [5.74, 6) is 0.923. The first-order chi connectivity index (χ1) is 7.29. The van der Waals surface area contributed by atoms with Gasteiger partial charge in [-0.25, -0.2) is 0 Å². The van der Waals surface area contributed by atoms with Gasteiger partial charge in [0.1, 0.15) is 0 Å². The van der Waals surface area contributed by atoms with Gasteiger partial charge in [0.15, 0.2) is 0 Å². The van der Waals surface area contributed by atoms with Crippen molar-refractivity contribution < 1.29 is 4.74 Å². The third-order valence-electron chi connectivity index (χ3n) is 4.15. The molecule has 0 bridgehead atoms. The summed E-state index contributed by atoms with van der Waals surface area (Å²) in [7, 11) is 1.86. The maximum Gasteiger partial charge on any atom is 0.0724 e. The fourth-order valence-corrected chi connectivity index (χ4v) is 3.23. The molecule has 0 spiro atoms. The van der Waals surface area contributed by atoms with Gasteiger partial charge in [-0.05, 0) is 38.0 Å². The summed E-state index contributed by atoms with van der Waals surface area (Å²) in [4.78, 5) is 0. The fourth-order valence-electron chi connectivity index (χ4n) is 3.23. The fraction of sp³-hybridized carbons (Fsp3) is 1.00. The predicted octanol–water partition coefficient (Wildman–Crippen LogP) is 2.72. The molecule has 2 rings (SSSR count). The molecule has 88 valence electrons. The highest BCUT2D eigenvalue weighted by atomic mass is 16.5. The second-order valence-electron chi connectivity index (χ2n) is 5.45. The van der Waals surface area contributed by atoms with E-state index in [0.29, 0.717) is 12.1 Å². The quantitative estimate of drug-likeness (QED) is 0.775. The van der Waals surface area contributed by atoms with E-state index in [1.807, 2.05) is 7.11 Å². The van der Waals surface area contributed by atoms with Crippen molar-refractivity contribution in [2.45, 2.75) is 70.1 Å². The zero-order valence-electron chi connectivity index (χ0n) is 10.2. The lowest BCUT2D eigenvalue weighted by Gasteiger charge is -2.33. The maximum absolute atomic E-state index is 5.58. The predicted molar refractivity (Wildman–Crippen MR) is 63.0 cm³/mol. The van der Waals surface area contributed by atoms with Crippen LogP contribution in [-0.4, -0.2) is 25.3 Å². The third kappa shape index (κ3) is 2.94. The van der Waals surface area contributed by atoms with Crippen LogP contribution >= 0.6 is 0 Å². The molecular formula is C13H25NO. The minimum absolute atomic E-state index is 0.467. The first-order valence-corrected chi connectivity index (χ1v) is 6.58. The number of methoxy groups -OCH3 is 1. The number of rotatable bonds is 3. The molecule has 2 fully saturated rings. The Balaban J connectivity index is 1.81. The summed E-state index contributed by atoms with van der Waals surface area (Å²) in [6.45, 7) is 2.37. The lowest BCUT2D eigenvalue weighted by Crippen LogP contribution is -2.47. The minimum Gasteiger partial charge on any atom is -0.380 e. The summed E-state index contributed by atoms with van der Waals surface area (Å²) in [6.07, 6.45) is 9.88. The molecule has 2 nitrogen and oxygen atoms in total. The van der Waals surface area contributed by atoms with Crippen LogP contribution in [0.15, 0.2) is 0 Å². The number of nitrogens with one attached hydrogen (secondary N) is 1. The minimum atomic E-state index is 0.467. The molecule has 4 atom stereocenters. The monoisotopic (exact) mass is 211 g/mol. The molecule has 2 aliphatic carbocycles. The third-order valence-corrected chi connectivity index (χ3v) is 4.15. The molecule has 0 aliphatic heterocycles. The number of hydrogen-bond donors (Lipinski definition) is 1. The van der Waals surface area contributed by atoms with Gasteiger partial charge >= 0.3 is 0 Å². The van der Waals surface area contributed by atoms with Crippen LogP contribution in [0.2, 0.25) is 0 Å². The Morgan fingerprint density at radius 3 is 2.53 bits per heavy atom. The lowest BCUT2D eigenvalue weighted by molar-refractivity contribution is 0.0378. The summed E-state index contributed by atoms with van der Waals surface area (Å²) in [5, 5.41) is 3.82. The van der Waals surface area contributed by atoms with Crippen LogP contribution in [0.3, 0.4) is 0 Å². The van der Waals surface area contributed by atoms with E-state index in [1.165, 1.54) is 44.9 Å². The molecule has 0 aromatic carbocycles. The molecule has 0 radical (unpaired) electrons. The van der Waals surface area contributed by atoms with Crippen molar-refractivity contribution in [1.29, 1.82) is 0 Å². The largest absolute Gasteiger partial charge is 0.380 e. The summed E-state index contributed by atoms with van der Waals surface area (Å²) >= 11 is 0. The Morgan fingerprint density at radius 1 is 1.07 bits per heavy atom. The van der Waals surface area contributed by atoms with E-state index >= 15 is 0 Å². The highest BCUT2D eigenvalue weighted by Crippen LogP contribution is 2.28. The highest BCUT2D eigenvalue weighted by Gasteiger charge is 2.29. The Labute approximate surface area is 93.8 Å². The van der Waals surface area contributed by atoms with Crippen LogP contribution in [-0.2, 0) is 4.74 Å². The van der Waals surface area contributed by atoms with Gasteiger partial charge in [-0.15, -0.1) is 0 Å². The van der Waals surface area contributed by atoms with Crippen molar-refractivity contribution in [3.8, 4) is 0 Å². The number of hydrogen-bond acceptors (Lipinski definition) is 2. The second-order valence-corrected chi connectivity index (χ2v) is 5.45. The molecule has 2 aliphatic rings. The van der Waals surface area contributed by atoms with Crippen LogP contribution in [0.1, 0.15) is 51.9 Å². The average molecular weight is 211 g/mol. The van der Waals surface area contributed by atoms with E-state index in [-0.39, 0.29) is 0 Å². The van der Waals surface area contributed by atoms with E-state index < -0.39 is 0 Å². The van der Waals surface area contributed by atoms with Gasteiger partial charge in [0.2, 0.25) is 0 Å². The van der Waals surface area contributed by atoms with Crippen molar-refractivity contribution in [3.05, 3.63) is 0 Å². The SMILES string of the molecule is COC1CCCCC1NC1CCC(C)C1. The Bertz CT molecular complexity index is 195. The molecule has 0 amide bonds. The van der Waals surface area contributed by atoms with Crippen LogP contribution < -0.4 is 5.32 Å². The van der Waals surface area contributed by atoms with Crippen molar-refractivity contribution in [2.24, 2.45) is 5.92 Å². The molecule has 0 aromatic rings. The van der Waals surface area contributed by atoms with Gasteiger partial charge in [-0.3, -0.25) is 0 Å². The standard InChI is InChI=1S/C13H25NO/c1-10-7-8-11(9-10)14-12-5-3-4-6-13(12)15-2/h10-14H,3-9H2,1-2H3. The second kappa shape index (κ2) is 5.31. The van der Waals surface area contributed by atoms with E-state index in [9.17, 15) is 0 Å². The van der Waals surface area contributed by atoms with Crippen molar-refractivity contribution in [3.63, 3.8) is 0 Å². The average Bonchev–Trinajstić information content (AvgIpc) is 2.65. The zero-order chi connectivity index (χ0) is 10.7. The van der Waals surface area contributed by atoms with E-state index in [1.54, 1.807) is 0 Å². The zero-order valence-corrected chi connectivity index (χ0v) is 10.2. The Kier molecular flexibility index (Phi) is 4.04. The normalized spacial score (nSPS) is 42.0. The van der Waals surface area contributed by atoms with Gasteiger partial charge in [0, 0.05) is 19.2 Å². The molecule has 0 saturated heterocycles. The Morgan fingerprint density at radius 2 is 1.87 bits per heavy atom. The molecule has 15 heavy (non-hydrogen) atoms. The first-order valence-electron chi connectivity index (χ1n) is 6.58. The molecule has 1 N–H and O–H groups in total. The van der Waals surface area contributed by atoms with E-state index in [4.69, 9.17) is 4.74 Å².